The summed E-state index contributed by atoms with van der Waals surface area (Å²) in [6.45, 7) is 5.70. The summed E-state index contributed by atoms with van der Waals surface area (Å²) in [6.07, 6.45) is 0.501. The first-order valence-electron chi connectivity index (χ1n) is 6.39. The van der Waals surface area contributed by atoms with Gasteiger partial charge in [0.15, 0.2) is 0 Å². The molecule has 0 unspecified atom stereocenters. The highest BCUT2D eigenvalue weighted by Crippen LogP contribution is 2.21. The van der Waals surface area contributed by atoms with Crippen molar-refractivity contribution in [2.45, 2.75) is 38.5 Å². The molecule has 1 aromatic rings. The van der Waals surface area contributed by atoms with E-state index in [0.717, 1.165) is 10.6 Å². The van der Waals surface area contributed by atoms with Crippen LogP contribution >= 0.6 is 23.1 Å². The number of carbonyl (C=O) groups excluding carboxylic acids is 1. The Morgan fingerprint density at radius 1 is 1.45 bits per heavy atom. The van der Waals surface area contributed by atoms with Gasteiger partial charge < -0.3 is 9.84 Å². The molecule has 0 radical (unpaired) electrons. The molecule has 0 bridgehead atoms. The zero-order valence-electron chi connectivity index (χ0n) is 12.1. The van der Waals surface area contributed by atoms with Crippen LogP contribution in [0, 0.1) is 11.8 Å². The van der Waals surface area contributed by atoms with Crippen molar-refractivity contribution in [3.8, 4) is 11.8 Å². The summed E-state index contributed by atoms with van der Waals surface area (Å²) >= 11 is 3.16. The van der Waals surface area contributed by atoms with Gasteiger partial charge >= 0.3 is 5.97 Å². The van der Waals surface area contributed by atoms with Gasteiger partial charge in [0.2, 0.25) is 0 Å². The molecule has 1 N–H and O–H groups in total. The topological polar surface area (TPSA) is 46.5 Å². The molecule has 0 aliphatic heterocycles. The zero-order valence-corrected chi connectivity index (χ0v) is 13.7. The summed E-state index contributed by atoms with van der Waals surface area (Å²) in [7, 11) is 0. The molecule has 0 saturated heterocycles. The summed E-state index contributed by atoms with van der Waals surface area (Å²) in [5.74, 6) is 6.86. The van der Waals surface area contributed by atoms with Crippen LogP contribution in [-0.4, -0.2) is 29.0 Å². The number of esters is 1. The Morgan fingerprint density at radius 2 is 2.20 bits per heavy atom. The number of ether oxygens (including phenoxy) is 1. The van der Waals surface area contributed by atoms with E-state index in [0.29, 0.717) is 12.2 Å². The average molecular weight is 312 g/mol. The van der Waals surface area contributed by atoms with Crippen molar-refractivity contribution in [3.63, 3.8) is 0 Å². The van der Waals surface area contributed by atoms with Crippen molar-refractivity contribution in [2.75, 3.05) is 12.4 Å². The molecule has 5 heteroatoms. The van der Waals surface area contributed by atoms with Gasteiger partial charge in [-0.3, -0.25) is 4.79 Å². The normalized spacial score (nSPS) is 10.8. The lowest BCUT2D eigenvalue weighted by atomic mass is 10.2. The Kier molecular flexibility index (Phi) is 7.14. The number of hydrogen-bond acceptors (Lipinski definition) is 5. The fourth-order valence-corrected chi connectivity index (χ4v) is 3.12. The molecular formula is C15H20O3S2. The SMILES string of the molecule is CC(C)(C)OC(=O)CSCc1ccc(C#CCCO)s1. The quantitative estimate of drug-likeness (QED) is 0.670. The van der Waals surface area contributed by atoms with Crippen LogP contribution in [0.4, 0.5) is 0 Å². The Morgan fingerprint density at radius 3 is 2.85 bits per heavy atom. The van der Waals surface area contributed by atoms with Crippen LogP contribution in [0.25, 0.3) is 0 Å². The molecule has 1 aromatic heterocycles. The molecule has 0 aliphatic rings. The lowest BCUT2D eigenvalue weighted by Crippen LogP contribution is -2.24. The second kappa shape index (κ2) is 8.35. The first-order chi connectivity index (χ1) is 9.40. The second-order valence-corrected chi connectivity index (χ2v) is 7.27. The first-order valence-corrected chi connectivity index (χ1v) is 8.36. The van der Waals surface area contributed by atoms with Crippen molar-refractivity contribution < 1.29 is 14.6 Å². The number of thioether (sulfide) groups is 1. The number of aliphatic hydroxyl groups excluding tert-OH is 1. The summed E-state index contributed by atoms with van der Waals surface area (Å²) in [4.78, 5) is 13.7. The molecule has 0 amide bonds. The summed E-state index contributed by atoms with van der Waals surface area (Å²) in [5, 5.41) is 8.65. The van der Waals surface area contributed by atoms with Crippen molar-refractivity contribution in [1.82, 2.24) is 0 Å². The van der Waals surface area contributed by atoms with Crippen molar-refractivity contribution >= 4 is 29.1 Å². The summed E-state index contributed by atoms with van der Waals surface area (Å²) < 4.78 is 5.24. The third kappa shape index (κ3) is 7.59. The van der Waals surface area contributed by atoms with Crippen LogP contribution in [0.15, 0.2) is 12.1 Å². The Bertz CT molecular complexity index is 489. The van der Waals surface area contributed by atoms with E-state index < -0.39 is 5.60 Å². The highest BCUT2D eigenvalue weighted by atomic mass is 32.2. The van der Waals surface area contributed by atoms with E-state index >= 15 is 0 Å². The third-order valence-electron chi connectivity index (χ3n) is 1.99. The number of thiophene rings is 1. The minimum Gasteiger partial charge on any atom is -0.459 e. The van der Waals surface area contributed by atoms with Crippen LogP contribution in [0.5, 0.6) is 0 Å². The van der Waals surface area contributed by atoms with Crippen LogP contribution in [0.2, 0.25) is 0 Å². The van der Waals surface area contributed by atoms with E-state index in [2.05, 4.69) is 11.8 Å². The lowest BCUT2D eigenvalue weighted by Gasteiger charge is -2.19. The smallest absolute Gasteiger partial charge is 0.316 e. The van der Waals surface area contributed by atoms with Crippen LogP contribution in [0.1, 0.15) is 36.9 Å². The molecule has 0 aliphatic carbocycles. The highest BCUT2D eigenvalue weighted by Gasteiger charge is 2.15. The largest absolute Gasteiger partial charge is 0.459 e. The Labute approximate surface area is 128 Å². The molecule has 0 fully saturated rings. The molecule has 3 nitrogen and oxygen atoms in total. The van der Waals surface area contributed by atoms with Gasteiger partial charge in [-0.05, 0) is 32.9 Å². The maximum absolute atomic E-state index is 11.5. The van der Waals surface area contributed by atoms with Gasteiger partial charge in [0, 0.05) is 17.1 Å². The Balaban J connectivity index is 2.33. The van der Waals surface area contributed by atoms with Gasteiger partial charge in [-0.1, -0.05) is 11.8 Å². The predicted octanol–water partition coefficient (Wildman–Crippen LogP) is 3.06. The zero-order chi connectivity index (χ0) is 15.0. The van der Waals surface area contributed by atoms with Crippen molar-refractivity contribution in [1.29, 1.82) is 0 Å². The van der Waals surface area contributed by atoms with Crippen LogP contribution in [-0.2, 0) is 15.3 Å². The number of hydrogen-bond donors (Lipinski definition) is 1. The van der Waals surface area contributed by atoms with Gasteiger partial charge in [0.1, 0.15) is 5.60 Å². The average Bonchev–Trinajstić information content (AvgIpc) is 2.75. The maximum atomic E-state index is 11.5. The minimum absolute atomic E-state index is 0.0942. The molecule has 0 saturated carbocycles. The predicted molar refractivity (Wildman–Crippen MR) is 84.9 cm³/mol. The second-order valence-electron chi connectivity index (χ2n) is 5.12. The standard InChI is InChI=1S/C15H20O3S2/c1-15(2,3)18-14(17)11-19-10-13-8-7-12(20-13)6-4-5-9-16/h7-8,16H,5,9-11H2,1-3H3. The molecule has 20 heavy (non-hydrogen) atoms. The number of carbonyl (C=O) groups is 1. The van der Waals surface area contributed by atoms with Crippen LogP contribution in [0.3, 0.4) is 0 Å². The van der Waals surface area contributed by atoms with Crippen molar-refractivity contribution in [2.24, 2.45) is 0 Å². The van der Waals surface area contributed by atoms with Gasteiger partial charge in [0.25, 0.3) is 0 Å². The summed E-state index contributed by atoms with van der Waals surface area (Å²) in [6, 6.07) is 3.99. The number of rotatable bonds is 5. The highest BCUT2D eigenvalue weighted by molar-refractivity contribution is 7.99. The van der Waals surface area contributed by atoms with E-state index in [1.54, 1.807) is 23.1 Å². The van der Waals surface area contributed by atoms with E-state index in [-0.39, 0.29) is 12.6 Å². The van der Waals surface area contributed by atoms with E-state index in [1.807, 2.05) is 32.9 Å². The molecule has 1 heterocycles. The number of aliphatic hydroxyl groups is 1. The maximum Gasteiger partial charge on any atom is 0.316 e. The fourth-order valence-electron chi connectivity index (χ4n) is 1.33. The van der Waals surface area contributed by atoms with Gasteiger partial charge in [0.05, 0.1) is 17.2 Å². The minimum atomic E-state index is -0.421. The molecule has 0 spiro atoms. The van der Waals surface area contributed by atoms with E-state index in [9.17, 15) is 4.79 Å². The third-order valence-corrected chi connectivity index (χ3v) is 4.13. The lowest BCUT2D eigenvalue weighted by molar-refractivity contribution is -0.151. The van der Waals surface area contributed by atoms with Crippen molar-refractivity contribution in [3.05, 3.63) is 21.9 Å². The molecular weight excluding hydrogens is 292 g/mol. The molecule has 0 aromatic carbocycles. The molecule has 0 atom stereocenters. The summed E-state index contributed by atoms with van der Waals surface area (Å²) in [5.41, 5.74) is -0.421. The fraction of sp³-hybridized carbons (Fsp3) is 0.533. The first kappa shape index (κ1) is 17.1. The van der Waals surface area contributed by atoms with Crippen LogP contribution < -0.4 is 0 Å². The van der Waals surface area contributed by atoms with Gasteiger partial charge in [-0.25, -0.2) is 0 Å². The van der Waals surface area contributed by atoms with E-state index in [4.69, 9.17) is 9.84 Å². The molecule has 110 valence electrons. The van der Waals surface area contributed by atoms with Gasteiger partial charge in [-0.15, -0.1) is 23.1 Å². The van der Waals surface area contributed by atoms with Gasteiger partial charge in [-0.2, -0.15) is 0 Å². The monoisotopic (exact) mass is 312 g/mol. The molecule has 1 rings (SSSR count). The van der Waals surface area contributed by atoms with E-state index in [1.165, 1.54) is 4.88 Å². The Hall–Kier alpha value is -0.960.